The summed E-state index contributed by atoms with van der Waals surface area (Å²) in [5.41, 5.74) is 2.00. The van der Waals surface area contributed by atoms with Crippen LogP contribution in [0.2, 0.25) is 0 Å². The van der Waals surface area contributed by atoms with Crippen LogP contribution in [0.3, 0.4) is 0 Å². The van der Waals surface area contributed by atoms with E-state index in [1.165, 1.54) is 12.1 Å². The molecular weight excluding hydrogens is 476 g/mol. The van der Waals surface area contributed by atoms with Crippen molar-refractivity contribution in [3.63, 3.8) is 0 Å². The van der Waals surface area contributed by atoms with Crippen LogP contribution in [0.15, 0.2) is 79.1 Å². The van der Waals surface area contributed by atoms with Crippen LogP contribution in [-0.2, 0) is 6.00 Å². The molecule has 0 aliphatic rings. The van der Waals surface area contributed by atoms with Crippen molar-refractivity contribution in [1.82, 2.24) is 4.57 Å². The lowest BCUT2D eigenvalue weighted by Crippen LogP contribution is -2.00. The second-order valence-corrected chi connectivity index (χ2v) is 8.24. The van der Waals surface area contributed by atoms with Crippen LogP contribution in [0.1, 0.15) is 13.3 Å². The van der Waals surface area contributed by atoms with Gasteiger partial charge in [0.15, 0.2) is 0 Å². The molecule has 3 aromatic carbocycles. The van der Waals surface area contributed by atoms with Crippen molar-refractivity contribution < 1.29 is 18.3 Å². The third kappa shape index (κ3) is 5.29. The highest BCUT2D eigenvalue weighted by atomic mass is 35.5. The number of alkyl halides is 1. The van der Waals surface area contributed by atoms with E-state index in [0.29, 0.717) is 33.7 Å². The van der Waals surface area contributed by atoms with E-state index in [4.69, 9.17) is 33.3 Å². The quantitative estimate of drug-likeness (QED) is 0.180. The monoisotopic (exact) mass is 497 g/mol. The molecule has 0 radical (unpaired) electrons. The standard InChI is InChI=1S/C27H22ClF2NO2S/c1-2-12-32-19-6-5-7-20(14-19)33-26-9-4-3-8-22(26)24-16-31(17-28)15-23(27(24)34)21-11-10-18(29)13-25(21)30/h3-11,13-16H,2,12,17H2,1H3. The second-order valence-electron chi connectivity index (χ2n) is 7.59. The molecule has 1 aromatic heterocycles. The second kappa shape index (κ2) is 10.8. The van der Waals surface area contributed by atoms with Gasteiger partial charge in [0, 0.05) is 46.8 Å². The summed E-state index contributed by atoms with van der Waals surface area (Å²) >= 11 is 11.9. The molecule has 0 aliphatic carbocycles. The largest absolute Gasteiger partial charge is 0.493 e. The molecule has 0 atom stereocenters. The minimum atomic E-state index is -0.696. The van der Waals surface area contributed by atoms with Crippen molar-refractivity contribution in [3.05, 3.63) is 95.3 Å². The molecule has 0 saturated heterocycles. The summed E-state index contributed by atoms with van der Waals surface area (Å²) in [6.07, 6.45) is 4.36. The van der Waals surface area contributed by atoms with Gasteiger partial charge in [-0.25, -0.2) is 8.78 Å². The van der Waals surface area contributed by atoms with E-state index >= 15 is 0 Å². The zero-order chi connectivity index (χ0) is 24.1. The zero-order valence-corrected chi connectivity index (χ0v) is 20.0. The number of para-hydroxylation sites is 1. The number of nitrogens with zero attached hydrogens (tertiary/aromatic N) is 1. The Bertz CT molecular complexity index is 1370. The Labute approximate surface area is 207 Å². The minimum Gasteiger partial charge on any atom is -0.493 e. The first-order chi connectivity index (χ1) is 16.5. The van der Waals surface area contributed by atoms with Crippen LogP contribution >= 0.6 is 23.8 Å². The Balaban J connectivity index is 1.80. The SMILES string of the molecule is CCCOc1cccc(Oc2ccccc2-c2cn(CCl)cc(-c3ccc(F)cc3F)c2=S)c1. The maximum absolute atomic E-state index is 14.6. The van der Waals surface area contributed by atoms with Gasteiger partial charge in [0.05, 0.1) is 17.1 Å². The zero-order valence-electron chi connectivity index (χ0n) is 18.4. The molecule has 4 aromatic rings. The molecule has 0 N–H and O–H groups in total. The van der Waals surface area contributed by atoms with Gasteiger partial charge < -0.3 is 14.0 Å². The van der Waals surface area contributed by atoms with Crippen LogP contribution in [0.5, 0.6) is 17.2 Å². The van der Waals surface area contributed by atoms with Gasteiger partial charge in [-0.15, -0.1) is 11.6 Å². The first-order valence-electron chi connectivity index (χ1n) is 10.8. The average molecular weight is 498 g/mol. The normalized spacial score (nSPS) is 10.8. The molecular formula is C27H22ClF2NO2S. The van der Waals surface area contributed by atoms with E-state index in [1.54, 1.807) is 17.0 Å². The summed E-state index contributed by atoms with van der Waals surface area (Å²) in [7, 11) is 0. The number of hydrogen-bond donors (Lipinski definition) is 0. The number of rotatable bonds is 8. The third-order valence-corrected chi connectivity index (χ3v) is 5.84. The van der Waals surface area contributed by atoms with Crippen LogP contribution in [0, 0.1) is 16.1 Å². The average Bonchev–Trinajstić information content (AvgIpc) is 2.84. The van der Waals surface area contributed by atoms with Gasteiger partial charge in [0.2, 0.25) is 0 Å². The molecule has 7 heteroatoms. The number of pyridine rings is 1. The summed E-state index contributed by atoms with van der Waals surface area (Å²) in [6.45, 7) is 2.66. The van der Waals surface area contributed by atoms with Crippen LogP contribution in [0.25, 0.3) is 22.3 Å². The summed E-state index contributed by atoms with van der Waals surface area (Å²) in [4.78, 5) is 0. The van der Waals surface area contributed by atoms with Crippen molar-refractivity contribution in [2.75, 3.05) is 6.61 Å². The third-order valence-electron chi connectivity index (χ3n) is 5.12. The van der Waals surface area contributed by atoms with E-state index in [2.05, 4.69) is 0 Å². The van der Waals surface area contributed by atoms with E-state index in [-0.39, 0.29) is 11.6 Å². The number of halogens is 3. The fourth-order valence-electron chi connectivity index (χ4n) is 3.54. The van der Waals surface area contributed by atoms with Gasteiger partial charge in [-0.05, 0) is 36.8 Å². The first kappa shape index (κ1) is 23.9. The summed E-state index contributed by atoms with van der Waals surface area (Å²) in [5.74, 6) is 0.543. The summed E-state index contributed by atoms with van der Waals surface area (Å²) < 4.78 is 42.1. The van der Waals surface area contributed by atoms with Crippen molar-refractivity contribution >= 4 is 23.8 Å². The Morgan fingerprint density at radius 2 is 1.59 bits per heavy atom. The van der Waals surface area contributed by atoms with Crippen molar-refractivity contribution in [2.45, 2.75) is 19.3 Å². The van der Waals surface area contributed by atoms with Crippen LogP contribution in [0.4, 0.5) is 8.78 Å². The number of aromatic nitrogens is 1. The fourth-order valence-corrected chi connectivity index (χ4v) is 4.01. The van der Waals surface area contributed by atoms with E-state index in [1.807, 2.05) is 55.5 Å². The lowest BCUT2D eigenvalue weighted by atomic mass is 10.0. The number of benzene rings is 3. The lowest BCUT2D eigenvalue weighted by Gasteiger charge is -2.16. The van der Waals surface area contributed by atoms with Gasteiger partial charge in [-0.3, -0.25) is 0 Å². The molecule has 34 heavy (non-hydrogen) atoms. The molecule has 0 aliphatic heterocycles. The van der Waals surface area contributed by atoms with E-state index in [9.17, 15) is 8.78 Å². The maximum Gasteiger partial charge on any atom is 0.135 e. The van der Waals surface area contributed by atoms with E-state index in [0.717, 1.165) is 23.8 Å². The van der Waals surface area contributed by atoms with Gasteiger partial charge in [-0.1, -0.05) is 43.4 Å². The predicted molar refractivity (Wildman–Crippen MR) is 134 cm³/mol. The summed E-state index contributed by atoms with van der Waals surface area (Å²) in [6, 6.07) is 18.4. The predicted octanol–water partition coefficient (Wildman–Crippen LogP) is 8.61. The van der Waals surface area contributed by atoms with Crippen molar-refractivity contribution in [3.8, 4) is 39.5 Å². The van der Waals surface area contributed by atoms with Crippen molar-refractivity contribution in [2.24, 2.45) is 0 Å². The molecule has 3 nitrogen and oxygen atoms in total. The maximum atomic E-state index is 14.6. The molecule has 4 rings (SSSR count). The molecule has 174 valence electrons. The molecule has 0 saturated carbocycles. The topological polar surface area (TPSA) is 23.4 Å². The van der Waals surface area contributed by atoms with Gasteiger partial charge >= 0.3 is 0 Å². The minimum absolute atomic E-state index is 0.123. The Kier molecular flexibility index (Phi) is 7.60. The van der Waals surface area contributed by atoms with Crippen LogP contribution in [-0.4, -0.2) is 11.2 Å². The molecule has 0 bridgehead atoms. The number of hydrogen-bond acceptors (Lipinski definition) is 3. The molecule has 0 spiro atoms. The van der Waals surface area contributed by atoms with Crippen LogP contribution < -0.4 is 9.47 Å². The molecule has 0 fully saturated rings. The summed E-state index contributed by atoms with van der Waals surface area (Å²) in [5, 5.41) is 0. The Hall–Kier alpha value is -3.22. The number of ether oxygens (including phenoxy) is 2. The van der Waals surface area contributed by atoms with Crippen molar-refractivity contribution in [1.29, 1.82) is 0 Å². The lowest BCUT2D eigenvalue weighted by molar-refractivity contribution is 0.316. The molecule has 0 amide bonds. The fraction of sp³-hybridized carbons (Fsp3) is 0.148. The highest BCUT2D eigenvalue weighted by molar-refractivity contribution is 7.71. The first-order valence-corrected chi connectivity index (χ1v) is 11.7. The van der Waals surface area contributed by atoms with Gasteiger partial charge in [0.1, 0.15) is 28.9 Å². The van der Waals surface area contributed by atoms with Gasteiger partial charge in [-0.2, -0.15) is 0 Å². The molecule has 0 unspecified atom stereocenters. The van der Waals surface area contributed by atoms with Gasteiger partial charge in [0.25, 0.3) is 0 Å². The van der Waals surface area contributed by atoms with E-state index < -0.39 is 11.6 Å². The highest BCUT2D eigenvalue weighted by Gasteiger charge is 2.16. The Morgan fingerprint density at radius 1 is 0.853 bits per heavy atom. The Morgan fingerprint density at radius 3 is 2.32 bits per heavy atom. The molecule has 1 heterocycles. The smallest absolute Gasteiger partial charge is 0.135 e. The highest BCUT2D eigenvalue weighted by Crippen LogP contribution is 2.37.